The molecule has 4 nitrogen and oxygen atoms in total. The molecule has 1 unspecified atom stereocenters. The zero-order chi connectivity index (χ0) is 13.0. The molecular formula is C14H26N2O2. The van der Waals surface area contributed by atoms with Crippen LogP contribution in [-0.2, 0) is 9.47 Å². The predicted octanol–water partition coefficient (Wildman–Crippen LogP) is 1.38. The van der Waals surface area contributed by atoms with Crippen LogP contribution >= 0.6 is 0 Å². The molecule has 1 atom stereocenters. The van der Waals surface area contributed by atoms with Crippen LogP contribution < -0.4 is 5.32 Å². The van der Waals surface area contributed by atoms with Crippen molar-refractivity contribution in [2.24, 2.45) is 0 Å². The SMILES string of the molecule is CCNC(C1=CCCO1)C(C)(C)N1CCOCC1. The van der Waals surface area contributed by atoms with E-state index in [4.69, 9.17) is 9.47 Å². The first-order chi connectivity index (χ1) is 8.66. The van der Waals surface area contributed by atoms with E-state index in [0.29, 0.717) is 0 Å². The Labute approximate surface area is 110 Å². The van der Waals surface area contributed by atoms with Crippen LogP contribution in [0.15, 0.2) is 11.8 Å². The molecule has 2 aliphatic rings. The lowest BCUT2D eigenvalue weighted by atomic mass is 9.90. The number of hydrogen-bond acceptors (Lipinski definition) is 4. The van der Waals surface area contributed by atoms with Gasteiger partial charge in [-0.1, -0.05) is 6.92 Å². The Balaban J connectivity index is 2.11. The van der Waals surface area contributed by atoms with Crippen molar-refractivity contribution in [3.63, 3.8) is 0 Å². The Morgan fingerprint density at radius 3 is 2.61 bits per heavy atom. The van der Waals surface area contributed by atoms with Crippen LogP contribution in [0.5, 0.6) is 0 Å². The third-order valence-electron chi connectivity index (χ3n) is 3.96. The lowest BCUT2D eigenvalue weighted by Crippen LogP contribution is -2.61. The number of ether oxygens (including phenoxy) is 2. The first kappa shape index (κ1) is 13.8. The second kappa shape index (κ2) is 6.04. The summed E-state index contributed by atoms with van der Waals surface area (Å²) in [7, 11) is 0. The fourth-order valence-corrected chi connectivity index (χ4v) is 2.86. The van der Waals surface area contributed by atoms with Crippen molar-refractivity contribution in [2.75, 3.05) is 39.5 Å². The van der Waals surface area contributed by atoms with Crippen molar-refractivity contribution in [2.45, 2.75) is 38.8 Å². The van der Waals surface area contributed by atoms with Crippen molar-refractivity contribution in [3.8, 4) is 0 Å². The third-order valence-corrected chi connectivity index (χ3v) is 3.96. The summed E-state index contributed by atoms with van der Waals surface area (Å²) in [6.07, 6.45) is 3.27. The van der Waals surface area contributed by atoms with Gasteiger partial charge in [0.15, 0.2) is 0 Å². The monoisotopic (exact) mass is 254 g/mol. The molecule has 2 heterocycles. The minimum Gasteiger partial charge on any atom is -0.496 e. The smallest absolute Gasteiger partial charge is 0.111 e. The largest absolute Gasteiger partial charge is 0.496 e. The van der Waals surface area contributed by atoms with Gasteiger partial charge in [0.1, 0.15) is 5.76 Å². The topological polar surface area (TPSA) is 33.7 Å². The Bertz CT molecular complexity index is 296. The summed E-state index contributed by atoms with van der Waals surface area (Å²) < 4.78 is 11.2. The summed E-state index contributed by atoms with van der Waals surface area (Å²) in [5, 5.41) is 3.59. The van der Waals surface area contributed by atoms with Crippen molar-refractivity contribution in [3.05, 3.63) is 11.8 Å². The molecule has 1 N–H and O–H groups in total. The van der Waals surface area contributed by atoms with E-state index < -0.39 is 0 Å². The second-order valence-corrected chi connectivity index (χ2v) is 5.49. The van der Waals surface area contributed by atoms with Crippen LogP contribution in [-0.4, -0.2) is 55.9 Å². The van der Waals surface area contributed by atoms with Crippen LogP contribution in [0.25, 0.3) is 0 Å². The number of likely N-dealkylation sites (N-methyl/N-ethyl adjacent to an activating group) is 1. The van der Waals surface area contributed by atoms with E-state index in [1.807, 2.05) is 0 Å². The van der Waals surface area contributed by atoms with Gasteiger partial charge < -0.3 is 14.8 Å². The normalized spacial score (nSPS) is 23.6. The summed E-state index contributed by atoms with van der Waals surface area (Å²) in [6, 6.07) is 0.267. The molecule has 18 heavy (non-hydrogen) atoms. The van der Waals surface area contributed by atoms with Gasteiger partial charge in [0.25, 0.3) is 0 Å². The molecule has 0 aromatic heterocycles. The van der Waals surface area contributed by atoms with Gasteiger partial charge in [0, 0.05) is 25.0 Å². The molecule has 1 fully saturated rings. The maximum Gasteiger partial charge on any atom is 0.111 e. The third kappa shape index (κ3) is 2.87. The zero-order valence-corrected chi connectivity index (χ0v) is 11.9. The first-order valence-electron chi connectivity index (χ1n) is 7.05. The van der Waals surface area contributed by atoms with Gasteiger partial charge in [-0.3, -0.25) is 4.90 Å². The molecule has 2 rings (SSSR count). The lowest BCUT2D eigenvalue weighted by Gasteiger charge is -2.46. The minimum absolute atomic E-state index is 0.0516. The molecule has 0 spiro atoms. The summed E-state index contributed by atoms with van der Waals surface area (Å²) in [5.41, 5.74) is 0.0516. The van der Waals surface area contributed by atoms with Crippen LogP contribution in [0.2, 0.25) is 0 Å². The van der Waals surface area contributed by atoms with E-state index in [-0.39, 0.29) is 11.6 Å². The highest BCUT2D eigenvalue weighted by molar-refractivity contribution is 5.15. The summed E-state index contributed by atoms with van der Waals surface area (Å²) >= 11 is 0. The molecule has 0 aromatic carbocycles. The van der Waals surface area contributed by atoms with Crippen LogP contribution in [0.1, 0.15) is 27.2 Å². The highest BCUT2D eigenvalue weighted by Gasteiger charge is 2.39. The maximum absolute atomic E-state index is 5.79. The van der Waals surface area contributed by atoms with Crippen molar-refractivity contribution >= 4 is 0 Å². The molecule has 0 amide bonds. The first-order valence-corrected chi connectivity index (χ1v) is 7.05. The van der Waals surface area contributed by atoms with Crippen molar-refractivity contribution in [1.29, 1.82) is 0 Å². The minimum atomic E-state index is 0.0516. The van der Waals surface area contributed by atoms with Gasteiger partial charge in [0.2, 0.25) is 0 Å². The van der Waals surface area contributed by atoms with E-state index in [0.717, 1.165) is 51.6 Å². The van der Waals surface area contributed by atoms with Crippen LogP contribution in [0.3, 0.4) is 0 Å². The Hall–Kier alpha value is -0.580. The summed E-state index contributed by atoms with van der Waals surface area (Å²) in [4.78, 5) is 2.51. The number of nitrogens with one attached hydrogen (secondary N) is 1. The van der Waals surface area contributed by atoms with Gasteiger partial charge in [-0.2, -0.15) is 0 Å². The average Bonchev–Trinajstić information content (AvgIpc) is 2.90. The standard InChI is InChI=1S/C14H26N2O2/c1-4-15-13(12-6-5-9-18-12)14(2,3)16-7-10-17-11-8-16/h6,13,15H,4-5,7-11H2,1-3H3. The molecule has 104 valence electrons. The molecule has 0 aromatic rings. The van der Waals surface area contributed by atoms with Crippen molar-refractivity contribution < 1.29 is 9.47 Å². The van der Waals surface area contributed by atoms with Gasteiger partial charge >= 0.3 is 0 Å². The molecule has 2 aliphatic heterocycles. The fraction of sp³-hybridized carbons (Fsp3) is 0.857. The number of morpholine rings is 1. The Kier molecular flexibility index (Phi) is 4.65. The van der Waals surface area contributed by atoms with Crippen LogP contribution in [0.4, 0.5) is 0 Å². The highest BCUT2D eigenvalue weighted by Crippen LogP contribution is 2.28. The molecule has 0 aliphatic carbocycles. The number of rotatable bonds is 5. The Morgan fingerprint density at radius 1 is 1.33 bits per heavy atom. The molecule has 1 saturated heterocycles. The van der Waals surface area contributed by atoms with E-state index in [1.165, 1.54) is 0 Å². The second-order valence-electron chi connectivity index (χ2n) is 5.49. The number of nitrogens with zero attached hydrogens (tertiary/aromatic N) is 1. The maximum atomic E-state index is 5.79. The molecule has 0 bridgehead atoms. The van der Waals surface area contributed by atoms with Crippen LogP contribution in [0, 0.1) is 0 Å². The number of hydrogen-bond donors (Lipinski definition) is 1. The molecule has 4 heteroatoms. The lowest BCUT2D eigenvalue weighted by molar-refractivity contribution is -0.0246. The summed E-state index contributed by atoms with van der Waals surface area (Å²) in [6.45, 7) is 12.2. The van der Waals surface area contributed by atoms with Gasteiger partial charge in [-0.15, -0.1) is 0 Å². The van der Waals surface area contributed by atoms with E-state index in [1.54, 1.807) is 0 Å². The quantitative estimate of drug-likeness (QED) is 0.803. The van der Waals surface area contributed by atoms with E-state index >= 15 is 0 Å². The summed E-state index contributed by atoms with van der Waals surface area (Å²) in [5.74, 6) is 1.12. The molecule has 0 radical (unpaired) electrons. The zero-order valence-electron chi connectivity index (χ0n) is 11.9. The molecule has 0 saturated carbocycles. The van der Waals surface area contributed by atoms with E-state index in [2.05, 4.69) is 37.1 Å². The van der Waals surface area contributed by atoms with Gasteiger partial charge in [-0.25, -0.2) is 0 Å². The van der Waals surface area contributed by atoms with Gasteiger partial charge in [0.05, 0.1) is 25.9 Å². The highest BCUT2D eigenvalue weighted by atomic mass is 16.5. The fourth-order valence-electron chi connectivity index (χ4n) is 2.86. The van der Waals surface area contributed by atoms with Crippen molar-refractivity contribution in [1.82, 2.24) is 10.2 Å². The van der Waals surface area contributed by atoms with E-state index in [9.17, 15) is 0 Å². The van der Waals surface area contributed by atoms with Gasteiger partial charge in [-0.05, 0) is 26.5 Å². The average molecular weight is 254 g/mol. The molecular weight excluding hydrogens is 228 g/mol. The Morgan fingerprint density at radius 2 is 2.06 bits per heavy atom. The predicted molar refractivity (Wildman–Crippen MR) is 72.6 cm³/mol.